The fourth-order valence-electron chi connectivity index (χ4n) is 0.366. The summed E-state index contributed by atoms with van der Waals surface area (Å²) in [5.74, 6) is 0. The predicted molar refractivity (Wildman–Crippen MR) is 35.0 cm³/mol. The van der Waals surface area contributed by atoms with Crippen LogP contribution in [-0.4, -0.2) is 38.1 Å². The third-order valence-electron chi connectivity index (χ3n) is 1.08. The van der Waals surface area contributed by atoms with Gasteiger partial charge in [-0.3, -0.25) is 0 Å². The van der Waals surface area contributed by atoms with Crippen LogP contribution in [0.5, 0.6) is 0 Å². The average molecular weight is 243 g/mol. The molecule has 86 valence electrons. The van der Waals surface area contributed by atoms with E-state index in [2.05, 4.69) is 0 Å². The van der Waals surface area contributed by atoms with E-state index in [1.165, 1.54) is 0 Å². The van der Waals surface area contributed by atoms with E-state index in [9.17, 15) is 30.4 Å². The maximum atomic E-state index is 11.6. The van der Waals surface area contributed by atoms with Gasteiger partial charge in [-0.1, -0.05) is 0 Å². The number of halogens is 5. The first-order valence-corrected chi connectivity index (χ1v) is 4.58. The topological polar surface area (TPSA) is 66.4 Å². The molecule has 0 aromatic heterocycles. The number of hydrogen-bond donors (Lipinski definition) is 2. The Morgan fingerprint density at radius 1 is 1.29 bits per heavy atom. The van der Waals surface area contributed by atoms with Crippen molar-refractivity contribution in [3.8, 4) is 0 Å². The molecule has 1 atom stereocenters. The molecule has 1 unspecified atom stereocenters. The SMILES string of the molecule is O=S(=O)(NCC(O)C(F)F)C(F)(F)F. The molecule has 0 saturated carbocycles. The van der Waals surface area contributed by atoms with Gasteiger partial charge in [0.05, 0.1) is 0 Å². The summed E-state index contributed by atoms with van der Waals surface area (Å²) in [5.41, 5.74) is -5.57. The zero-order valence-corrected chi connectivity index (χ0v) is 7.24. The Hall–Kier alpha value is -0.480. The molecule has 0 radical (unpaired) electrons. The van der Waals surface area contributed by atoms with Crippen molar-refractivity contribution >= 4 is 10.0 Å². The summed E-state index contributed by atoms with van der Waals surface area (Å²) in [6.07, 6.45) is -5.78. The first-order chi connectivity index (χ1) is 6.08. The molecule has 0 fully saturated rings. The quantitative estimate of drug-likeness (QED) is 0.686. The number of aliphatic hydroxyl groups excluding tert-OH is 1. The van der Waals surface area contributed by atoms with Gasteiger partial charge in [0.25, 0.3) is 6.43 Å². The largest absolute Gasteiger partial charge is 0.511 e. The van der Waals surface area contributed by atoms with Crippen molar-refractivity contribution in [1.29, 1.82) is 0 Å². The Morgan fingerprint density at radius 2 is 1.71 bits per heavy atom. The van der Waals surface area contributed by atoms with E-state index in [1.807, 2.05) is 0 Å². The van der Waals surface area contributed by atoms with Crippen LogP contribution in [0.15, 0.2) is 0 Å². The third kappa shape index (κ3) is 3.72. The molecule has 0 aromatic rings. The third-order valence-corrected chi connectivity index (χ3v) is 2.23. The van der Waals surface area contributed by atoms with E-state index in [0.29, 0.717) is 0 Å². The smallest absolute Gasteiger partial charge is 0.386 e. The van der Waals surface area contributed by atoms with Gasteiger partial charge in [0.15, 0.2) is 0 Å². The van der Waals surface area contributed by atoms with Gasteiger partial charge >= 0.3 is 15.5 Å². The van der Waals surface area contributed by atoms with Gasteiger partial charge in [0, 0.05) is 6.54 Å². The van der Waals surface area contributed by atoms with Gasteiger partial charge in [-0.15, -0.1) is 0 Å². The van der Waals surface area contributed by atoms with Crippen LogP contribution in [0.3, 0.4) is 0 Å². The van der Waals surface area contributed by atoms with Crippen LogP contribution in [0.2, 0.25) is 0 Å². The van der Waals surface area contributed by atoms with Crippen LogP contribution >= 0.6 is 0 Å². The zero-order valence-electron chi connectivity index (χ0n) is 6.42. The summed E-state index contributed by atoms with van der Waals surface area (Å²) in [6, 6.07) is 0. The van der Waals surface area contributed by atoms with E-state index < -0.39 is 34.6 Å². The molecule has 10 heteroatoms. The van der Waals surface area contributed by atoms with Crippen LogP contribution in [0.25, 0.3) is 0 Å². The van der Waals surface area contributed by atoms with Crippen molar-refractivity contribution in [2.24, 2.45) is 0 Å². The standard InChI is InChI=1S/C4H6F5NO3S/c5-3(6)2(11)1-10-14(12,13)4(7,8)9/h2-3,10-11H,1H2. The number of aliphatic hydroxyl groups is 1. The van der Waals surface area contributed by atoms with Crippen molar-refractivity contribution < 1.29 is 35.5 Å². The number of nitrogens with one attached hydrogen (secondary N) is 1. The van der Waals surface area contributed by atoms with Gasteiger partial charge in [0.2, 0.25) is 0 Å². The van der Waals surface area contributed by atoms with Crippen LogP contribution < -0.4 is 4.72 Å². The molecule has 0 rings (SSSR count). The molecule has 0 aromatic carbocycles. The van der Waals surface area contributed by atoms with Gasteiger partial charge in [0.1, 0.15) is 6.10 Å². The second-order valence-corrected chi connectivity index (χ2v) is 3.96. The molecule has 0 heterocycles. The van der Waals surface area contributed by atoms with Crippen molar-refractivity contribution in [2.45, 2.75) is 18.0 Å². The van der Waals surface area contributed by atoms with E-state index >= 15 is 0 Å². The molecule has 14 heavy (non-hydrogen) atoms. The lowest BCUT2D eigenvalue weighted by Gasteiger charge is -2.12. The van der Waals surface area contributed by atoms with Crippen LogP contribution in [0.4, 0.5) is 22.0 Å². The van der Waals surface area contributed by atoms with Crippen LogP contribution in [0.1, 0.15) is 0 Å². The summed E-state index contributed by atoms with van der Waals surface area (Å²) >= 11 is 0. The molecule has 0 amide bonds. The molecule has 0 saturated heterocycles. The lowest BCUT2D eigenvalue weighted by atomic mass is 10.4. The van der Waals surface area contributed by atoms with E-state index in [4.69, 9.17) is 5.11 Å². The molecule has 0 aliphatic carbocycles. The Bertz CT molecular complexity index is 273. The minimum atomic E-state index is -5.67. The zero-order chi connectivity index (χ0) is 11.6. The Kier molecular flexibility index (Phi) is 4.21. The minimum Gasteiger partial charge on any atom is -0.386 e. The first-order valence-electron chi connectivity index (χ1n) is 3.10. The summed E-state index contributed by atoms with van der Waals surface area (Å²) in [6.45, 7) is -1.39. The second-order valence-electron chi connectivity index (χ2n) is 2.20. The molecule has 0 spiro atoms. The fourth-order valence-corrected chi connectivity index (χ4v) is 0.920. The molecule has 0 aliphatic heterocycles. The van der Waals surface area contributed by atoms with Gasteiger partial charge in [-0.25, -0.2) is 21.9 Å². The molecular formula is C4H6F5NO3S. The van der Waals surface area contributed by atoms with Crippen molar-refractivity contribution in [1.82, 2.24) is 4.72 Å². The van der Waals surface area contributed by atoms with E-state index in [1.54, 1.807) is 0 Å². The van der Waals surface area contributed by atoms with Gasteiger partial charge in [-0.2, -0.15) is 13.2 Å². The highest BCUT2D eigenvalue weighted by Gasteiger charge is 2.45. The Labute approximate surface area is 75.8 Å². The number of hydrogen-bond acceptors (Lipinski definition) is 3. The monoisotopic (exact) mass is 243 g/mol. The Balaban J connectivity index is 4.29. The van der Waals surface area contributed by atoms with Gasteiger partial charge < -0.3 is 5.11 Å². The highest BCUT2D eigenvalue weighted by atomic mass is 32.2. The Morgan fingerprint density at radius 3 is 2.00 bits per heavy atom. The van der Waals surface area contributed by atoms with E-state index in [0.717, 1.165) is 4.72 Å². The maximum Gasteiger partial charge on any atom is 0.511 e. The number of rotatable bonds is 4. The first kappa shape index (κ1) is 13.5. The summed E-state index contributed by atoms with van der Waals surface area (Å²) < 4.78 is 78.9. The molecule has 2 N–H and O–H groups in total. The van der Waals surface area contributed by atoms with Crippen molar-refractivity contribution in [2.75, 3.05) is 6.54 Å². The molecule has 4 nitrogen and oxygen atoms in total. The minimum absolute atomic E-state index is 0.797. The summed E-state index contributed by atoms with van der Waals surface area (Å²) in [5, 5.41) is 8.31. The van der Waals surface area contributed by atoms with Crippen molar-refractivity contribution in [3.05, 3.63) is 0 Å². The molecular weight excluding hydrogens is 237 g/mol. The normalized spacial score (nSPS) is 15.9. The predicted octanol–water partition coefficient (Wildman–Crippen LogP) is 0.0516. The lowest BCUT2D eigenvalue weighted by Crippen LogP contribution is -2.42. The highest BCUT2D eigenvalue weighted by Crippen LogP contribution is 2.21. The van der Waals surface area contributed by atoms with E-state index in [-0.39, 0.29) is 0 Å². The maximum absolute atomic E-state index is 11.6. The highest BCUT2D eigenvalue weighted by molar-refractivity contribution is 7.90. The van der Waals surface area contributed by atoms with Gasteiger partial charge in [-0.05, 0) is 0 Å². The molecule has 0 aliphatic rings. The summed E-state index contributed by atoms with van der Waals surface area (Å²) in [4.78, 5) is 0. The average Bonchev–Trinajstić information content (AvgIpc) is 1.97. The lowest BCUT2D eigenvalue weighted by molar-refractivity contribution is -0.0460. The number of alkyl halides is 5. The molecule has 0 bridgehead atoms. The van der Waals surface area contributed by atoms with Crippen LogP contribution in [0, 0.1) is 0 Å². The summed E-state index contributed by atoms with van der Waals surface area (Å²) in [7, 11) is -5.67. The number of sulfonamides is 1. The second kappa shape index (κ2) is 4.36. The van der Waals surface area contributed by atoms with Crippen LogP contribution in [-0.2, 0) is 10.0 Å². The fraction of sp³-hybridized carbons (Fsp3) is 1.00. The van der Waals surface area contributed by atoms with Crippen molar-refractivity contribution in [3.63, 3.8) is 0 Å².